The molecule has 0 amide bonds. The monoisotopic (exact) mass is 431 g/mol. The first-order chi connectivity index (χ1) is 13.1. The molecule has 146 valence electrons. The van der Waals surface area contributed by atoms with Crippen molar-refractivity contribution in [2.24, 2.45) is 4.99 Å². The van der Waals surface area contributed by atoms with E-state index in [4.69, 9.17) is 4.99 Å². The molecule has 1 saturated carbocycles. The molecule has 0 radical (unpaired) electrons. The second-order valence-electron chi connectivity index (χ2n) is 7.29. The number of guanidine groups is 1. The Morgan fingerprint density at radius 2 is 2.15 bits per heavy atom. The SMILES string of the molecule is CCNC(=NCC1(c2cccc(Br)c2)CC1)NCCCCn1ccnc1C. The lowest BCUT2D eigenvalue weighted by Crippen LogP contribution is -2.38. The third kappa shape index (κ3) is 5.58. The molecule has 1 aliphatic carbocycles. The highest BCUT2D eigenvalue weighted by Crippen LogP contribution is 2.48. The molecule has 27 heavy (non-hydrogen) atoms. The van der Waals surface area contributed by atoms with Crippen LogP contribution in [-0.2, 0) is 12.0 Å². The van der Waals surface area contributed by atoms with Gasteiger partial charge in [0.2, 0.25) is 0 Å². The molecule has 5 nitrogen and oxygen atoms in total. The van der Waals surface area contributed by atoms with Gasteiger partial charge in [-0.1, -0.05) is 28.1 Å². The van der Waals surface area contributed by atoms with Crippen molar-refractivity contribution in [1.82, 2.24) is 20.2 Å². The first-order valence-electron chi connectivity index (χ1n) is 9.89. The van der Waals surface area contributed by atoms with Crippen LogP contribution in [0.25, 0.3) is 0 Å². The van der Waals surface area contributed by atoms with E-state index in [0.29, 0.717) is 0 Å². The largest absolute Gasteiger partial charge is 0.357 e. The predicted octanol–water partition coefficient (Wildman–Crippen LogP) is 4.02. The number of nitrogens with one attached hydrogen (secondary N) is 2. The van der Waals surface area contributed by atoms with Gasteiger partial charge in [-0.25, -0.2) is 4.98 Å². The maximum absolute atomic E-state index is 4.88. The minimum atomic E-state index is 0.227. The molecule has 1 aromatic heterocycles. The average Bonchev–Trinajstić information content (AvgIpc) is 3.35. The van der Waals surface area contributed by atoms with Gasteiger partial charge in [0, 0.05) is 41.9 Å². The molecular weight excluding hydrogens is 402 g/mol. The zero-order chi connectivity index (χ0) is 19.1. The molecule has 1 aliphatic rings. The molecule has 2 N–H and O–H groups in total. The number of hydrogen-bond acceptors (Lipinski definition) is 2. The maximum Gasteiger partial charge on any atom is 0.191 e. The van der Waals surface area contributed by atoms with E-state index >= 15 is 0 Å². The molecule has 2 aromatic rings. The molecule has 0 aliphatic heterocycles. The smallest absolute Gasteiger partial charge is 0.191 e. The fourth-order valence-electron chi connectivity index (χ4n) is 3.33. The summed E-state index contributed by atoms with van der Waals surface area (Å²) < 4.78 is 3.35. The zero-order valence-corrected chi connectivity index (χ0v) is 17.9. The summed E-state index contributed by atoms with van der Waals surface area (Å²) >= 11 is 3.59. The molecule has 1 fully saturated rings. The van der Waals surface area contributed by atoms with Crippen LogP contribution in [-0.4, -0.2) is 35.1 Å². The first-order valence-corrected chi connectivity index (χ1v) is 10.7. The van der Waals surface area contributed by atoms with E-state index in [2.05, 4.69) is 67.3 Å². The van der Waals surface area contributed by atoms with Crippen molar-refractivity contribution in [1.29, 1.82) is 0 Å². The third-order valence-electron chi connectivity index (χ3n) is 5.22. The summed E-state index contributed by atoms with van der Waals surface area (Å²) in [5.74, 6) is 2.01. The van der Waals surface area contributed by atoms with Crippen molar-refractivity contribution in [2.75, 3.05) is 19.6 Å². The molecule has 1 aromatic carbocycles. The van der Waals surface area contributed by atoms with Gasteiger partial charge in [-0.2, -0.15) is 0 Å². The highest BCUT2D eigenvalue weighted by molar-refractivity contribution is 9.10. The Labute approximate surface area is 170 Å². The molecule has 1 heterocycles. The van der Waals surface area contributed by atoms with Crippen LogP contribution in [0.4, 0.5) is 0 Å². The first kappa shape index (κ1) is 19.9. The number of aromatic nitrogens is 2. The number of imidazole rings is 1. The number of nitrogens with zero attached hydrogens (tertiary/aromatic N) is 3. The maximum atomic E-state index is 4.88. The van der Waals surface area contributed by atoms with Crippen LogP contribution in [0, 0.1) is 6.92 Å². The summed E-state index contributed by atoms with van der Waals surface area (Å²) in [6.45, 7) is 7.83. The van der Waals surface area contributed by atoms with Crippen LogP contribution in [0.1, 0.15) is 44.0 Å². The van der Waals surface area contributed by atoms with Gasteiger partial charge >= 0.3 is 0 Å². The normalized spacial score (nSPS) is 15.6. The van der Waals surface area contributed by atoms with Gasteiger partial charge in [-0.05, 0) is 57.2 Å². The van der Waals surface area contributed by atoms with Crippen molar-refractivity contribution in [3.05, 3.63) is 52.5 Å². The van der Waals surface area contributed by atoms with Gasteiger partial charge in [0.1, 0.15) is 5.82 Å². The number of benzene rings is 1. The summed E-state index contributed by atoms with van der Waals surface area (Å²) in [5, 5.41) is 6.86. The molecule has 0 saturated heterocycles. The molecule has 0 spiro atoms. The van der Waals surface area contributed by atoms with Crippen LogP contribution >= 0.6 is 15.9 Å². The Bertz CT molecular complexity index is 763. The zero-order valence-electron chi connectivity index (χ0n) is 16.3. The average molecular weight is 432 g/mol. The number of hydrogen-bond donors (Lipinski definition) is 2. The van der Waals surface area contributed by atoms with E-state index < -0.39 is 0 Å². The number of aliphatic imine (C=N–C) groups is 1. The van der Waals surface area contributed by atoms with Gasteiger partial charge in [0.15, 0.2) is 5.96 Å². The summed E-state index contributed by atoms with van der Waals surface area (Å²) in [6.07, 6.45) is 8.59. The minimum absolute atomic E-state index is 0.227. The van der Waals surface area contributed by atoms with Gasteiger partial charge < -0.3 is 15.2 Å². The minimum Gasteiger partial charge on any atom is -0.357 e. The second-order valence-corrected chi connectivity index (χ2v) is 8.20. The van der Waals surface area contributed by atoms with E-state index in [1.54, 1.807) is 0 Å². The lowest BCUT2D eigenvalue weighted by atomic mass is 9.96. The fraction of sp³-hybridized carbons (Fsp3) is 0.524. The van der Waals surface area contributed by atoms with Crippen molar-refractivity contribution >= 4 is 21.9 Å². The molecule has 0 bridgehead atoms. The molecule has 0 unspecified atom stereocenters. The Hall–Kier alpha value is -1.82. The van der Waals surface area contributed by atoms with E-state index in [9.17, 15) is 0 Å². The highest BCUT2D eigenvalue weighted by atomic mass is 79.9. The van der Waals surface area contributed by atoms with Crippen molar-refractivity contribution in [3.63, 3.8) is 0 Å². The van der Waals surface area contributed by atoms with E-state index in [1.807, 2.05) is 19.3 Å². The topological polar surface area (TPSA) is 54.2 Å². The Morgan fingerprint density at radius 3 is 2.81 bits per heavy atom. The van der Waals surface area contributed by atoms with Gasteiger partial charge in [0.05, 0.1) is 6.54 Å². The summed E-state index contributed by atoms with van der Waals surface area (Å²) in [6, 6.07) is 8.67. The van der Waals surface area contributed by atoms with E-state index in [1.165, 1.54) is 18.4 Å². The lowest BCUT2D eigenvalue weighted by molar-refractivity contribution is 0.587. The van der Waals surface area contributed by atoms with Crippen molar-refractivity contribution in [3.8, 4) is 0 Å². The molecule has 0 atom stereocenters. The standard InChI is InChI=1S/C21H30BrN5/c1-3-23-20(25-11-4-5-13-27-14-12-24-17(27)2)26-16-21(9-10-21)18-7-6-8-19(22)15-18/h6-8,12,14-15H,3-5,9-11,13,16H2,1-2H3,(H2,23,25,26). The predicted molar refractivity (Wildman–Crippen MR) is 115 cm³/mol. The van der Waals surface area contributed by atoms with Crippen LogP contribution in [0.15, 0.2) is 46.1 Å². The van der Waals surface area contributed by atoms with Crippen LogP contribution < -0.4 is 10.6 Å². The number of rotatable bonds is 9. The van der Waals surface area contributed by atoms with Crippen molar-refractivity contribution < 1.29 is 0 Å². The van der Waals surface area contributed by atoms with Crippen LogP contribution in [0.3, 0.4) is 0 Å². The molecular formula is C21H30BrN5. The summed E-state index contributed by atoms with van der Waals surface area (Å²) in [4.78, 5) is 9.15. The van der Waals surface area contributed by atoms with Crippen LogP contribution in [0.2, 0.25) is 0 Å². The lowest BCUT2D eigenvalue weighted by Gasteiger charge is -2.16. The van der Waals surface area contributed by atoms with Gasteiger partial charge in [-0.3, -0.25) is 4.99 Å². The van der Waals surface area contributed by atoms with Gasteiger partial charge in [0.25, 0.3) is 0 Å². The summed E-state index contributed by atoms with van der Waals surface area (Å²) in [7, 11) is 0. The Morgan fingerprint density at radius 1 is 1.30 bits per heavy atom. The van der Waals surface area contributed by atoms with E-state index in [0.717, 1.165) is 55.3 Å². The number of aryl methyl sites for hydroxylation is 2. The van der Waals surface area contributed by atoms with Gasteiger partial charge in [-0.15, -0.1) is 0 Å². The number of unbranched alkanes of at least 4 members (excludes halogenated alkanes) is 1. The Balaban J connectivity index is 1.47. The number of halogens is 1. The van der Waals surface area contributed by atoms with Crippen molar-refractivity contribution in [2.45, 2.75) is 51.5 Å². The summed E-state index contributed by atoms with van der Waals surface area (Å²) in [5.41, 5.74) is 1.62. The Kier molecular flexibility index (Phi) is 6.94. The van der Waals surface area contributed by atoms with Crippen LogP contribution in [0.5, 0.6) is 0 Å². The molecule has 6 heteroatoms. The fourth-order valence-corrected chi connectivity index (χ4v) is 3.73. The van der Waals surface area contributed by atoms with E-state index in [-0.39, 0.29) is 5.41 Å². The quantitative estimate of drug-likeness (QED) is 0.358. The second kappa shape index (κ2) is 9.40. The third-order valence-corrected chi connectivity index (χ3v) is 5.71. The molecule has 3 rings (SSSR count). The highest BCUT2D eigenvalue weighted by Gasteiger charge is 2.44.